The first kappa shape index (κ1) is 14.0. The molecule has 0 saturated heterocycles. The molecule has 0 aromatic carbocycles. The highest BCUT2D eigenvalue weighted by atomic mass is 79.9. The Bertz CT molecular complexity index is 514. The molecule has 2 N–H and O–H groups in total. The Labute approximate surface area is 122 Å². The fourth-order valence-electron chi connectivity index (χ4n) is 1.49. The van der Waals surface area contributed by atoms with E-state index in [2.05, 4.69) is 39.1 Å². The van der Waals surface area contributed by atoms with E-state index in [-0.39, 0.29) is 11.3 Å². The Hall–Kier alpha value is -0.370. The molecule has 0 amide bonds. The van der Waals surface area contributed by atoms with E-state index in [0.717, 1.165) is 10.2 Å². The van der Waals surface area contributed by atoms with Crippen molar-refractivity contribution in [3.8, 4) is 0 Å². The summed E-state index contributed by atoms with van der Waals surface area (Å²) in [6.07, 6.45) is 0.903. The van der Waals surface area contributed by atoms with Crippen LogP contribution in [0.5, 0.6) is 0 Å². The van der Waals surface area contributed by atoms with Gasteiger partial charge in [0.05, 0.1) is 9.04 Å². The number of rotatable bonds is 5. The lowest BCUT2D eigenvalue weighted by Gasteiger charge is -2.19. The smallest absolute Gasteiger partial charge is 0.277 e. The topological polar surface area (TPSA) is 64.9 Å². The van der Waals surface area contributed by atoms with Crippen LogP contribution in [0.15, 0.2) is 25.6 Å². The van der Waals surface area contributed by atoms with Crippen molar-refractivity contribution in [1.82, 2.24) is 10.2 Å². The Morgan fingerprint density at radius 3 is 2.78 bits per heavy atom. The lowest BCUT2D eigenvalue weighted by Crippen LogP contribution is -2.25. The maximum Gasteiger partial charge on any atom is 0.277 e. The molecule has 0 aliphatic carbocycles. The molecule has 2 atom stereocenters. The maximum atomic E-state index is 6.19. The minimum absolute atomic E-state index is 0.0627. The monoisotopic (exact) mass is 347 g/mol. The van der Waals surface area contributed by atoms with Crippen molar-refractivity contribution in [3.63, 3.8) is 0 Å². The third kappa shape index (κ3) is 3.34. The van der Waals surface area contributed by atoms with Crippen molar-refractivity contribution < 1.29 is 4.42 Å². The molecule has 18 heavy (non-hydrogen) atoms. The minimum Gasteiger partial charge on any atom is -0.416 e. The van der Waals surface area contributed by atoms with E-state index >= 15 is 0 Å². The Morgan fingerprint density at radius 1 is 1.50 bits per heavy atom. The van der Waals surface area contributed by atoms with Gasteiger partial charge in [-0.05, 0) is 34.5 Å². The molecular formula is C11H14BrN3OS2. The van der Waals surface area contributed by atoms with E-state index < -0.39 is 0 Å². The second kappa shape index (κ2) is 6.18. The highest BCUT2D eigenvalue weighted by Gasteiger charge is 2.24. The summed E-state index contributed by atoms with van der Waals surface area (Å²) in [5.41, 5.74) is 6.19. The van der Waals surface area contributed by atoms with Gasteiger partial charge in [-0.1, -0.05) is 18.7 Å². The van der Waals surface area contributed by atoms with E-state index in [1.54, 1.807) is 18.3 Å². The summed E-state index contributed by atoms with van der Waals surface area (Å²) in [7, 11) is 0. The molecule has 7 heteroatoms. The number of hydrogen-bond donors (Lipinski definition) is 1. The quantitative estimate of drug-likeness (QED) is 0.833. The van der Waals surface area contributed by atoms with Gasteiger partial charge >= 0.3 is 0 Å². The van der Waals surface area contributed by atoms with E-state index in [1.165, 1.54) is 16.6 Å². The maximum absolute atomic E-state index is 6.19. The fraction of sp³-hybridized carbons (Fsp3) is 0.455. The van der Waals surface area contributed by atoms with E-state index in [1.807, 2.05) is 6.07 Å². The second-order valence-electron chi connectivity index (χ2n) is 3.84. The minimum atomic E-state index is 0.0627. The second-order valence-corrected chi connectivity index (χ2v) is 7.43. The Morgan fingerprint density at radius 2 is 2.28 bits per heavy atom. The van der Waals surface area contributed by atoms with Crippen LogP contribution in [0.25, 0.3) is 0 Å². The summed E-state index contributed by atoms with van der Waals surface area (Å²) in [4.78, 5) is 1.22. The Balaban J connectivity index is 2.20. The fourth-order valence-corrected chi connectivity index (χ4v) is 4.29. The highest BCUT2D eigenvalue weighted by molar-refractivity contribution is 9.11. The molecule has 2 unspecified atom stereocenters. The van der Waals surface area contributed by atoms with Crippen molar-refractivity contribution in [2.24, 2.45) is 5.73 Å². The van der Waals surface area contributed by atoms with Gasteiger partial charge in [0.2, 0.25) is 5.89 Å². The molecule has 2 rings (SSSR count). The van der Waals surface area contributed by atoms with Crippen LogP contribution in [0.2, 0.25) is 0 Å². The third-order valence-corrected chi connectivity index (χ3v) is 5.55. The van der Waals surface area contributed by atoms with Crippen LogP contribution in [0, 0.1) is 6.92 Å². The molecule has 2 heterocycles. The van der Waals surface area contributed by atoms with Gasteiger partial charge in [-0.2, -0.15) is 0 Å². The van der Waals surface area contributed by atoms with Gasteiger partial charge in [-0.3, -0.25) is 0 Å². The summed E-state index contributed by atoms with van der Waals surface area (Å²) in [6.45, 7) is 3.87. The number of hydrogen-bond acceptors (Lipinski definition) is 6. The zero-order valence-electron chi connectivity index (χ0n) is 10.1. The molecule has 98 valence electrons. The summed E-state index contributed by atoms with van der Waals surface area (Å²) in [5, 5.41) is 8.58. The number of aryl methyl sites for hydroxylation is 1. The molecule has 0 spiro atoms. The largest absolute Gasteiger partial charge is 0.416 e. The van der Waals surface area contributed by atoms with Crippen molar-refractivity contribution in [2.75, 3.05) is 0 Å². The molecular weight excluding hydrogens is 334 g/mol. The molecule has 4 nitrogen and oxygen atoms in total. The standard InChI is InChI=1S/C11H14BrN3OS2/c1-3-7(13)10(8-4-5-9(12)17-8)18-11-15-14-6(2)16-11/h4-5,7,10H,3,13H2,1-2H3. The molecule has 0 bridgehead atoms. The van der Waals surface area contributed by atoms with Crippen LogP contribution in [0.4, 0.5) is 0 Å². The molecule has 0 aliphatic rings. The van der Waals surface area contributed by atoms with Crippen LogP contribution < -0.4 is 5.73 Å². The van der Waals surface area contributed by atoms with E-state index in [9.17, 15) is 0 Å². The number of thioether (sulfide) groups is 1. The van der Waals surface area contributed by atoms with E-state index in [0.29, 0.717) is 11.1 Å². The van der Waals surface area contributed by atoms with Gasteiger partial charge in [-0.15, -0.1) is 21.5 Å². The molecule has 0 radical (unpaired) electrons. The summed E-state index contributed by atoms with van der Waals surface area (Å²) < 4.78 is 6.52. The Kier molecular flexibility index (Phi) is 4.83. The molecule has 2 aromatic rings. The average Bonchev–Trinajstić information content (AvgIpc) is 2.94. The summed E-state index contributed by atoms with van der Waals surface area (Å²) in [5.74, 6) is 0.577. The summed E-state index contributed by atoms with van der Waals surface area (Å²) >= 11 is 6.70. The van der Waals surface area contributed by atoms with E-state index in [4.69, 9.17) is 10.2 Å². The predicted octanol–water partition coefficient (Wildman–Crippen LogP) is 3.77. The number of halogens is 1. The van der Waals surface area contributed by atoms with Crippen LogP contribution in [0.3, 0.4) is 0 Å². The predicted molar refractivity (Wildman–Crippen MR) is 77.9 cm³/mol. The first-order valence-corrected chi connectivity index (χ1v) is 8.06. The molecule has 0 aliphatic heterocycles. The van der Waals surface area contributed by atoms with Crippen molar-refractivity contribution in [1.29, 1.82) is 0 Å². The van der Waals surface area contributed by atoms with Crippen molar-refractivity contribution >= 4 is 39.0 Å². The zero-order valence-corrected chi connectivity index (χ0v) is 13.3. The van der Waals surface area contributed by atoms with Gasteiger partial charge in [0, 0.05) is 17.8 Å². The average molecular weight is 348 g/mol. The molecule has 0 fully saturated rings. The number of nitrogens with zero attached hydrogens (tertiary/aromatic N) is 2. The van der Waals surface area contributed by atoms with Gasteiger partial charge in [0.15, 0.2) is 0 Å². The molecule has 2 aromatic heterocycles. The first-order valence-electron chi connectivity index (χ1n) is 5.57. The van der Waals surface area contributed by atoms with Crippen molar-refractivity contribution in [3.05, 3.63) is 26.7 Å². The van der Waals surface area contributed by atoms with Crippen LogP contribution in [0.1, 0.15) is 29.4 Å². The van der Waals surface area contributed by atoms with Gasteiger partial charge in [0.25, 0.3) is 5.22 Å². The normalized spacial score (nSPS) is 14.7. The number of nitrogens with two attached hydrogens (primary N) is 1. The van der Waals surface area contributed by atoms with Crippen molar-refractivity contribution in [2.45, 2.75) is 36.8 Å². The summed E-state index contributed by atoms with van der Waals surface area (Å²) in [6, 6.07) is 4.19. The third-order valence-electron chi connectivity index (χ3n) is 2.47. The highest BCUT2D eigenvalue weighted by Crippen LogP contribution is 2.41. The SMILES string of the molecule is CCC(N)C(Sc1nnc(C)o1)c1ccc(Br)s1. The first-order chi connectivity index (χ1) is 8.60. The lowest BCUT2D eigenvalue weighted by atomic mass is 10.1. The zero-order chi connectivity index (χ0) is 13.1. The van der Waals surface area contributed by atoms with Crippen LogP contribution >= 0.6 is 39.0 Å². The lowest BCUT2D eigenvalue weighted by molar-refractivity contribution is 0.427. The number of thiophene rings is 1. The number of aromatic nitrogens is 2. The molecule has 0 saturated carbocycles. The van der Waals surface area contributed by atoms with Crippen LogP contribution in [-0.2, 0) is 0 Å². The van der Waals surface area contributed by atoms with Gasteiger partial charge in [-0.25, -0.2) is 0 Å². The van der Waals surface area contributed by atoms with Gasteiger partial charge < -0.3 is 10.2 Å². The van der Waals surface area contributed by atoms with Crippen LogP contribution in [-0.4, -0.2) is 16.2 Å². The van der Waals surface area contributed by atoms with Gasteiger partial charge in [0.1, 0.15) is 0 Å².